The third-order valence-corrected chi connectivity index (χ3v) is 5.67. The summed E-state index contributed by atoms with van der Waals surface area (Å²) in [7, 11) is -1.01. The maximum absolute atomic E-state index is 13.9. The number of hydrogen-bond donors (Lipinski definition) is 1. The number of benzene rings is 2. The molecule has 1 aromatic heterocycles. The quantitative estimate of drug-likeness (QED) is 0.626. The highest BCUT2D eigenvalue weighted by Crippen LogP contribution is 2.30. The largest absolute Gasteiger partial charge is 0.493 e. The van der Waals surface area contributed by atoms with Crippen molar-refractivity contribution in [1.82, 2.24) is 9.78 Å². The smallest absolute Gasteiger partial charge is 0.262 e. The van der Waals surface area contributed by atoms with Gasteiger partial charge in [-0.1, -0.05) is 17.7 Å². The van der Waals surface area contributed by atoms with Crippen LogP contribution in [0.4, 0.5) is 10.1 Å². The van der Waals surface area contributed by atoms with Gasteiger partial charge in [0.25, 0.3) is 10.0 Å². The fourth-order valence-corrected chi connectivity index (χ4v) is 3.81. The molecular formula is C18H17ClFN3O4S. The fourth-order valence-electron chi connectivity index (χ4n) is 2.55. The van der Waals surface area contributed by atoms with Crippen LogP contribution in [0, 0.1) is 5.82 Å². The van der Waals surface area contributed by atoms with Gasteiger partial charge in [0.2, 0.25) is 0 Å². The van der Waals surface area contributed by atoms with Gasteiger partial charge in [0.15, 0.2) is 11.5 Å². The van der Waals surface area contributed by atoms with E-state index in [2.05, 4.69) is 9.82 Å². The molecule has 0 fully saturated rings. The summed E-state index contributed by atoms with van der Waals surface area (Å²) in [6, 6.07) is 8.62. The van der Waals surface area contributed by atoms with Crippen LogP contribution in [0.25, 0.3) is 0 Å². The van der Waals surface area contributed by atoms with Gasteiger partial charge in [-0.3, -0.25) is 9.40 Å². The highest BCUT2D eigenvalue weighted by atomic mass is 35.5. The predicted molar refractivity (Wildman–Crippen MR) is 103 cm³/mol. The molecule has 0 saturated heterocycles. The van der Waals surface area contributed by atoms with Gasteiger partial charge in [-0.25, -0.2) is 12.8 Å². The third-order valence-electron chi connectivity index (χ3n) is 3.93. The normalized spacial score (nSPS) is 11.3. The Hall–Kier alpha value is -2.78. The molecular weight excluding hydrogens is 409 g/mol. The van der Waals surface area contributed by atoms with E-state index >= 15 is 0 Å². The minimum atomic E-state index is -3.89. The van der Waals surface area contributed by atoms with E-state index in [9.17, 15) is 12.8 Å². The van der Waals surface area contributed by atoms with Crippen LogP contribution in [0.15, 0.2) is 53.7 Å². The molecule has 0 unspecified atom stereocenters. The molecule has 28 heavy (non-hydrogen) atoms. The lowest BCUT2D eigenvalue weighted by Gasteiger charge is -2.10. The number of hydrogen-bond acceptors (Lipinski definition) is 5. The van der Waals surface area contributed by atoms with Crippen molar-refractivity contribution in [1.29, 1.82) is 0 Å². The van der Waals surface area contributed by atoms with E-state index in [0.29, 0.717) is 5.75 Å². The van der Waals surface area contributed by atoms with Crippen LogP contribution >= 0.6 is 11.6 Å². The number of ether oxygens (including phenoxy) is 2. The summed E-state index contributed by atoms with van der Waals surface area (Å²) in [5.41, 5.74) is 0.490. The number of aromatic nitrogens is 2. The molecule has 0 aliphatic carbocycles. The zero-order valence-corrected chi connectivity index (χ0v) is 16.6. The predicted octanol–water partition coefficient (Wildman–Crippen LogP) is 3.54. The van der Waals surface area contributed by atoms with Gasteiger partial charge >= 0.3 is 0 Å². The van der Waals surface area contributed by atoms with E-state index < -0.39 is 15.8 Å². The fraction of sp³-hybridized carbons (Fsp3) is 0.167. The summed E-state index contributed by atoms with van der Waals surface area (Å²) in [6.07, 6.45) is 2.77. The van der Waals surface area contributed by atoms with Gasteiger partial charge in [0.1, 0.15) is 5.82 Å². The maximum atomic E-state index is 13.9. The molecule has 0 bridgehead atoms. The lowest BCUT2D eigenvalue weighted by atomic mass is 10.2. The van der Waals surface area contributed by atoms with E-state index in [4.69, 9.17) is 21.1 Å². The second-order valence-corrected chi connectivity index (χ2v) is 7.84. The highest BCUT2D eigenvalue weighted by Gasteiger charge is 2.18. The Morgan fingerprint density at radius 3 is 2.61 bits per heavy atom. The monoisotopic (exact) mass is 425 g/mol. The highest BCUT2D eigenvalue weighted by molar-refractivity contribution is 7.92. The summed E-state index contributed by atoms with van der Waals surface area (Å²) in [6.45, 7) is 0.0591. The first kappa shape index (κ1) is 20.0. The number of halogens is 2. The van der Waals surface area contributed by atoms with Crippen molar-refractivity contribution in [3.8, 4) is 11.5 Å². The van der Waals surface area contributed by atoms with Crippen LogP contribution in [0.2, 0.25) is 5.02 Å². The molecule has 0 atom stereocenters. The number of anilines is 1. The van der Waals surface area contributed by atoms with Crippen LogP contribution in [0.1, 0.15) is 5.56 Å². The topological polar surface area (TPSA) is 82.5 Å². The van der Waals surface area contributed by atoms with Gasteiger partial charge < -0.3 is 9.47 Å². The first-order chi connectivity index (χ1) is 13.3. The summed E-state index contributed by atoms with van der Waals surface area (Å²) in [5, 5.41) is 4.32. The summed E-state index contributed by atoms with van der Waals surface area (Å²) < 4.78 is 53.2. The minimum absolute atomic E-state index is 0.00458. The molecule has 148 valence electrons. The molecule has 0 aliphatic heterocycles. The summed E-state index contributed by atoms with van der Waals surface area (Å²) in [5.74, 6) is 0.238. The minimum Gasteiger partial charge on any atom is -0.493 e. The Balaban J connectivity index is 1.81. The summed E-state index contributed by atoms with van der Waals surface area (Å²) >= 11 is 6.01. The third kappa shape index (κ3) is 4.20. The van der Waals surface area contributed by atoms with Crippen molar-refractivity contribution in [2.24, 2.45) is 0 Å². The van der Waals surface area contributed by atoms with Crippen molar-refractivity contribution in [3.63, 3.8) is 0 Å². The molecule has 0 saturated carbocycles. The van der Waals surface area contributed by atoms with Gasteiger partial charge in [-0.2, -0.15) is 5.10 Å². The van der Waals surface area contributed by atoms with Crippen molar-refractivity contribution >= 4 is 27.3 Å². The van der Waals surface area contributed by atoms with Crippen molar-refractivity contribution in [2.75, 3.05) is 18.9 Å². The number of methoxy groups -OCH3 is 2. The van der Waals surface area contributed by atoms with Crippen LogP contribution in [0.5, 0.6) is 11.5 Å². The molecule has 10 heteroatoms. The molecule has 0 aliphatic rings. The average Bonchev–Trinajstić information content (AvgIpc) is 3.10. The standard InChI is InChI=1S/C18H17ClFN3O4S/c1-26-17-7-6-13(8-18(17)27-2)28(24,25)22-12-9-21-23(10-12)11-14-15(19)4-3-5-16(14)20/h3-10,22H,11H2,1-2H3. The van der Waals surface area contributed by atoms with Crippen LogP contribution in [0.3, 0.4) is 0 Å². The Morgan fingerprint density at radius 1 is 1.18 bits per heavy atom. The van der Waals surface area contributed by atoms with Crippen molar-refractivity contribution in [3.05, 3.63) is 65.2 Å². The zero-order valence-electron chi connectivity index (χ0n) is 15.0. The number of nitrogens with zero attached hydrogens (tertiary/aromatic N) is 2. The SMILES string of the molecule is COc1ccc(S(=O)(=O)Nc2cnn(Cc3c(F)cccc3Cl)c2)cc1OC. The lowest BCUT2D eigenvalue weighted by Crippen LogP contribution is -2.13. The Bertz CT molecular complexity index is 1080. The molecule has 3 rings (SSSR count). The molecule has 7 nitrogen and oxygen atoms in total. The summed E-state index contributed by atoms with van der Waals surface area (Å²) in [4.78, 5) is -0.00458. The molecule has 2 aromatic carbocycles. The van der Waals surface area contributed by atoms with Gasteiger partial charge in [-0.05, 0) is 24.3 Å². The van der Waals surface area contributed by atoms with E-state index in [1.54, 1.807) is 6.07 Å². The molecule has 0 spiro atoms. The first-order valence-electron chi connectivity index (χ1n) is 8.04. The number of nitrogens with one attached hydrogen (secondary N) is 1. The van der Waals surface area contributed by atoms with Gasteiger partial charge in [0.05, 0.1) is 37.5 Å². The Kier molecular flexibility index (Phi) is 5.76. The van der Waals surface area contributed by atoms with Crippen molar-refractivity contribution in [2.45, 2.75) is 11.4 Å². The molecule has 1 heterocycles. The van der Waals surface area contributed by atoms with E-state index in [0.717, 1.165) is 0 Å². The van der Waals surface area contributed by atoms with E-state index in [1.165, 1.54) is 61.6 Å². The van der Waals surface area contributed by atoms with Crippen molar-refractivity contribution < 1.29 is 22.3 Å². The molecule has 1 N–H and O–H groups in total. The first-order valence-corrected chi connectivity index (χ1v) is 9.90. The Morgan fingerprint density at radius 2 is 1.93 bits per heavy atom. The van der Waals surface area contributed by atoms with Crippen LogP contribution in [-0.2, 0) is 16.6 Å². The number of rotatable bonds is 7. The van der Waals surface area contributed by atoms with Crippen LogP contribution in [-0.4, -0.2) is 32.4 Å². The van der Waals surface area contributed by atoms with E-state index in [-0.39, 0.29) is 33.5 Å². The zero-order chi connectivity index (χ0) is 20.3. The molecule has 3 aromatic rings. The lowest BCUT2D eigenvalue weighted by molar-refractivity contribution is 0.354. The molecule has 0 amide bonds. The molecule has 0 radical (unpaired) electrons. The second-order valence-electron chi connectivity index (χ2n) is 5.75. The van der Waals surface area contributed by atoms with Gasteiger partial charge in [-0.15, -0.1) is 0 Å². The second kappa shape index (κ2) is 8.07. The average molecular weight is 426 g/mol. The maximum Gasteiger partial charge on any atom is 0.262 e. The van der Waals surface area contributed by atoms with Crippen LogP contribution < -0.4 is 14.2 Å². The van der Waals surface area contributed by atoms with Gasteiger partial charge in [0, 0.05) is 22.8 Å². The Labute approximate surface area is 166 Å². The number of sulfonamides is 1. The van der Waals surface area contributed by atoms with E-state index in [1.807, 2.05) is 0 Å².